The van der Waals surface area contributed by atoms with Crippen LogP contribution >= 0.6 is 0 Å². The summed E-state index contributed by atoms with van der Waals surface area (Å²) in [7, 11) is 0. The molecule has 2 aliphatic rings. The second kappa shape index (κ2) is 6.40. The number of allylic oxidation sites excluding steroid dienone is 1. The van der Waals surface area contributed by atoms with Gasteiger partial charge in [-0.15, -0.1) is 0 Å². The Bertz CT molecular complexity index is 865. The van der Waals surface area contributed by atoms with Gasteiger partial charge in [-0.25, -0.2) is 9.37 Å². The zero-order chi connectivity index (χ0) is 18.3. The SMILES string of the molecule is CCn1cc(Nc2ncc(F)c(N[C@@H]3[C@H](C(N)=O)[C@H]4C=C[C@@H]3C4)n2)cn1. The number of nitrogens with zero attached hydrogens (tertiary/aromatic N) is 4. The Hall–Kier alpha value is -2.97. The summed E-state index contributed by atoms with van der Waals surface area (Å²) in [6.45, 7) is 2.72. The van der Waals surface area contributed by atoms with Crippen LogP contribution in [0.3, 0.4) is 0 Å². The highest BCUT2D eigenvalue weighted by molar-refractivity contribution is 5.79. The number of hydrogen-bond donors (Lipinski definition) is 3. The molecule has 1 saturated carbocycles. The van der Waals surface area contributed by atoms with Gasteiger partial charge in [0.1, 0.15) is 0 Å². The van der Waals surface area contributed by atoms with Crippen LogP contribution < -0.4 is 16.4 Å². The first-order valence-corrected chi connectivity index (χ1v) is 8.61. The lowest BCUT2D eigenvalue weighted by atomic mass is 9.88. The molecular formula is C17H20FN7O. The van der Waals surface area contributed by atoms with Crippen LogP contribution in [0, 0.1) is 23.6 Å². The first-order valence-electron chi connectivity index (χ1n) is 8.61. The summed E-state index contributed by atoms with van der Waals surface area (Å²) in [6.07, 6.45) is 9.48. The molecule has 8 nitrogen and oxygen atoms in total. The highest BCUT2D eigenvalue weighted by Crippen LogP contribution is 2.44. The molecule has 0 aliphatic heterocycles. The fourth-order valence-corrected chi connectivity index (χ4v) is 3.82. The molecule has 2 aromatic rings. The Morgan fingerprint density at radius 3 is 2.92 bits per heavy atom. The van der Waals surface area contributed by atoms with E-state index in [0.717, 1.165) is 19.2 Å². The van der Waals surface area contributed by atoms with E-state index in [1.807, 2.05) is 19.2 Å². The number of aryl methyl sites for hydroxylation is 1. The van der Waals surface area contributed by atoms with E-state index < -0.39 is 5.82 Å². The molecule has 4 atom stereocenters. The van der Waals surface area contributed by atoms with E-state index in [4.69, 9.17) is 5.73 Å². The zero-order valence-corrected chi connectivity index (χ0v) is 14.3. The summed E-state index contributed by atoms with van der Waals surface area (Å²) < 4.78 is 16.0. The molecule has 2 bridgehead atoms. The fourth-order valence-electron chi connectivity index (χ4n) is 3.82. The molecule has 0 aromatic carbocycles. The lowest BCUT2D eigenvalue weighted by Crippen LogP contribution is -2.41. The number of carbonyl (C=O) groups is 1. The van der Waals surface area contributed by atoms with Gasteiger partial charge in [-0.05, 0) is 25.2 Å². The van der Waals surface area contributed by atoms with Gasteiger partial charge >= 0.3 is 0 Å². The van der Waals surface area contributed by atoms with E-state index in [1.165, 1.54) is 0 Å². The number of halogens is 1. The molecule has 0 saturated heterocycles. The average molecular weight is 357 g/mol. The highest BCUT2D eigenvalue weighted by Gasteiger charge is 2.47. The quantitative estimate of drug-likeness (QED) is 0.678. The number of carbonyl (C=O) groups excluding carboxylic acids is 1. The van der Waals surface area contributed by atoms with E-state index in [-0.39, 0.29) is 41.5 Å². The van der Waals surface area contributed by atoms with Crippen molar-refractivity contribution in [2.45, 2.75) is 25.9 Å². The summed E-state index contributed by atoms with van der Waals surface area (Å²) in [4.78, 5) is 20.0. The van der Waals surface area contributed by atoms with Crippen molar-refractivity contribution in [3.63, 3.8) is 0 Å². The molecule has 2 aromatic heterocycles. The van der Waals surface area contributed by atoms with Crippen molar-refractivity contribution >= 4 is 23.4 Å². The molecule has 9 heteroatoms. The second-order valence-corrected chi connectivity index (χ2v) is 6.65. The maximum atomic E-state index is 14.2. The lowest BCUT2D eigenvalue weighted by Gasteiger charge is -2.27. The number of primary amides is 1. The lowest BCUT2D eigenvalue weighted by molar-refractivity contribution is -0.122. The van der Waals surface area contributed by atoms with Gasteiger partial charge in [0.2, 0.25) is 11.9 Å². The number of fused-ring (bicyclic) bond motifs is 2. The van der Waals surface area contributed by atoms with E-state index in [1.54, 1.807) is 10.9 Å². The van der Waals surface area contributed by atoms with E-state index in [0.29, 0.717) is 5.69 Å². The first-order chi connectivity index (χ1) is 12.5. The molecule has 0 spiro atoms. The molecule has 2 heterocycles. The molecule has 2 aliphatic carbocycles. The van der Waals surface area contributed by atoms with Crippen LogP contribution in [0.25, 0.3) is 0 Å². The second-order valence-electron chi connectivity index (χ2n) is 6.65. The summed E-state index contributed by atoms with van der Waals surface area (Å²) >= 11 is 0. The van der Waals surface area contributed by atoms with Crippen LogP contribution in [0.2, 0.25) is 0 Å². The van der Waals surface area contributed by atoms with Gasteiger partial charge in [-0.1, -0.05) is 12.2 Å². The minimum absolute atomic E-state index is 0.0579. The van der Waals surface area contributed by atoms with Crippen molar-refractivity contribution in [2.24, 2.45) is 23.5 Å². The third-order valence-electron chi connectivity index (χ3n) is 5.05. The maximum absolute atomic E-state index is 14.2. The van der Waals surface area contributed by atoms with Crippen molar-refractivity contribution in [1.29, 1.82) is 0 Å². The molecule has 1 amide bonds. The topological polar surface area (TPSA) is 111 Å². The van der Waals surface area contributed by atoms with Crippen LogP contribution in [-0.4, -0.2) is 31.7 Å². The maximum Gasteiger partial charge on any atom is 0.229 e. The predicted octanol–water partition coefficient (Wildman–Crippen LogP) is 1.66. The monoisotopic (exact) mass is 357 g/mol. The number of nitrogens with one attached hydrogen (secondary N) is 2. The average Bonchev–Trinajstić information content (AvgIpc) is 3.33. The highest BCUT2D eigenvalue weighted by atomic mass is 19.1. The van der Waals surface area contributed by atoms with Crippen molar-refractivity contribution in [2.75, 3.05) is 10.6 Å². The molecule has 4 rings (SSSR count). The number of rotatable bonds is 6. The van der Waals surface area contributed by atoms with Crippen molar-refractivity contribution in [3.8, 4) is 0 Å². The Kier molecular flexibility index (Phi) is 4.06. The summed E-state index contributed by atoms with van der Waals surface area (Å²) in [5.74, 6) is -0.752. The summed E-state index contributed by atoms with van der Waals surface area (Å²) in [5, 5.41) is 10.2. The van der Waals surface area contributed by atoms with E-state index in [2.05, 4.69) is 31.8 Å². The van der Waals surface area contributed by atoms with Gasteiger partial charge in [-0.3, -0.25) is 9.48 Å². The van der Waals surface area contributed by atoms with Gasteiger partial charge in [0.25, 0.3) is 0 Å². The van der Waals surface area contributed by atoms with Crippen LogP contribution in [0.5, 0.6) is 0 Å². The molecule has 26 heavy (non-hydrogen) atoms. The summed E-state index contributed by atoms with van der Waals surface area (Å²) in [5.41, 5.74) is 6.26. The van der Waals surface area contributed by atoms with E-state index in [9.17, 15) is 9.18 Å². The molecule has 0 radical (unpaired) electrons. The molecule has 0 unspecified atom stereocenters. The minimum atomic E-state index is -0.574. The number of hydrogen-bond acceptors (Lipinski definition) is 6. The predicted molar refractivity (Wildman–Crippen MR) is 94.0 cm³/mol. The van der Waals surface area contributed by atoms with Gasteiger partial charge < -0.3 is 16.4 Å². The van der Waals surface area contributed by atoms with Crippen LogP contribution in [0.15, 0.2) is 30.7 Å². The number of amides is 1. The molecule has 4 N–H and O–H groups in total. The zero-order valence-electron chi connectivity index (χ0n) is 14.3. The van der Waals surface area contributed by atoms with Crippen LogP contribution in [0.4, 0.5) is 21.8 Å². The molecule has 136 valence electrons. The number of anilines is 3. The Morgan fingerprint density at radius 2 is 2.19 bits per heavy atom. The fraction of sp³-hybridized carbons (Fsp3) is 0.412. The number of nitrogens with two attached hydrogens (primary N) is 1. The van der Waals surface area contributed by atoms with E-state index >= 15 is 0 Å². The van der Waals surface area contributed by atoms with Gasteiger partial charge in [0.15, 0.2) is 11.6 Å². The van der Waals surface area contributed by atoms with Gasteiger partial charge in [0, 0.05) is 18.8 Å². The normalized spacial score (nSPS) is 26.2. The Labute approximate surface area is 149 Å². The largest absolute Gasteiger partial charge is 0.369 e. The van der Waals surface area contributed by atoms with Crippen molar-refractivity contribution < 1.29 is 9.18 Å². The van der Waals surface area contributed by atoms with Crippen LogP contribution in [0.1, 0.15) is 13.3 Å². The smallest absolute Gasteiger partial charge is 0.229 e. The van der Waals surface area contributed by atoms with Gasteiger partial charge in [0.05, 0.1) is 24.0 Å². The number of aromatic nitrogens is 4. The van der Waals surface area contributed by atoms with Crippen LogP contribution in [-0.2, 0) is 11.3 Å². The van der Waals surface area contributed by atoms with Crippen molar-refractivity contribution in [1.82, 2.24) is 19.7 Å². The first kappa shape index (κ1) is 16.5. The Morgan fingerprint density at radius 1 is 1.38 bits per heavy atom. The van der Waals surface area contributed by atoms with Crippen molar-refractivity contribution in [3.05, 3.63) is 36.6 Å². The molecule has 1 fully saturated rings. The Balaban J connectivity index is 1.55. The third kappa shape index (κ3) is 2.89. The molecular weight excluding hydrogens is 337 g/mol. The minimum Gasteiger partial charge on any atom is -0.369 e. The summed E-state index contributed by atoms with van der Waals surface area (Å²) in [6, 6.07) is -0.261. The van der Waals surface area contributed by atoms with Gasteiger partial charge in [-0.2, -0.15) is 10.1 Å². The standard InChI is InChI=1S/C17H20FN7O/c1-2-25-8-11(6-21-25)22-17-20-7-12(18)16(24-17)23-14-10-4-3-9(5-10)13(14)15(19)26/h3-4,6-10,13-14H,2,5H2,1H3,(H2,19,26)(H2,20,22,23,24)/t9-,10+,13+,14-/m0/s1. The third-order valence-corrected chi connectivity index (χ3v) is 5.05.